The first kappa shape index (κ1) is 25.0. The molecule has 0 aromatic heterocycles. The molecule has 1 amide bonds. The van der Waals surface area contributed by atoms with Crippen LogP contribution >= 0.6 is 0 Å². The molecule has 0 unspecified atom stereocenters. The number of esters is 1. The summed E-state index contributed by atoms with van der Waals surface area (Å²) >= 11 is 0. The smallest absolute Gasteiger partial charge is 0.325 e. The van der Waals surface area contributed by atoms with Crippen molar-refractivity contribution in [1.82, 2.24) is 5.32 Å². The number of ether oxygens (including phenoxy) is 2. The fraction of sp³-hybridized carbons (Fsp3) is 0.346. The number of aliphatic hydroxyl groups excluding tert-OH is 1. The summed E-state index contributed by atoms with van der Waals surface area (Å²) in [4.78, 5) is 37.8. The monoisotopic (exact) mass is 469 g/mol. The number of fused-ring (bicyclic) bond motifs is 1. The molecule has 34 heavy (non-hydrogen) atoms. The van der Waals surface area contributed by atoms with Crippen LogP contribution in [0.15, 0.2) is 48.0 Å². The zero-order valence-electron chi connectivity index (χ0n) is 19.8. The Labute approximate surface area is 197 Å². The van der Waals surface area contributed by atoms with Gasteiger partial charge in [0, 0.05) is 11.1 Å². The second-order valence-electron chi connectivity index (χ2n) is 9.52. The third-order valence-electron chi connectivity index (χ3n) is 5.30. The Morgan fingerprint density at radius 2 is 1.74 bits per heavy atom. The van der Waals surface area contributed by atoms with Crippen LogP contribution in [0.5, 0.6) is 5.75 Å². The molecule has 7 nitrogen and oxygen atoms in total. The van der Waals surface area contributed by atoms with E-state index in [2.05, 4.69) is 5.32 Å². The number of hydrogen-bond donors (Lipinski definition) is 2. The van der Waals surface area contributed by atoms with Gasteiger partial charge >= 0.3 is 5.97 Å². The van der Waals surface area contributed by atoms with Crippen molar-refractivity contribution < 1.29 is 33.4 Å². The highest BCUT2D eigenvalue weighted by atomic mass is 19.1. The number of Topliss-reactive ketones (excluding diaryl/α,β-unsaturated/α-hetero) is 1. The number of rotatable bonds is 6. The molecule has 0 saturated heterocycles. The van der Waals surface area contributed by atoms with E-state index in [1.165, 1.54) is 26.0 Å². The van der Waals surface area contributed by atoms with Crippen molar-refractivity contribution in [3.8, 4) is 5.75 Å². The molecule has 0 bridgehead atoms. The van der Waals surface area contributed by atoms with E-state index < -0.39 is 52.4 Å². The zero-order valence-corrected chi connectivity index (χ0v) is 19.8. The predicted molar refractivity (Wildman–Crippen MR) is 124 cm³/mol. The molecule has 2 aromatic rings. The van der Waals surface area contributed by atoms with Gasteiger partial charge in [0.15, 0.2) is 17.3 Å². The van der Waals surface area contributed by atoms with Crippen molar-refractivity contribution in [2.45, 2.75) is 52.2 Å². The lowest BCUT2D eigenvalue weighted by molar-refractivity contribution is -0.154. The zero-order chi connectivity index (χ0) is 25.3. The van der Waals surface area contributed by atoms with E-state index in [0.29, 0.717) is 0 Å². The molecule has 8 heteroatoms. The molecule has 0 saturated carbocycles. The highest BCUT2D eigenvalue weighted by Crippen LogP contribution is 2.43. The van der Waals surface area contributed by atoms with Crippen LogP contribution in [0.2, 0.25) is 0 Å². The normalized spacial score (nSPS) is 14.9. The van der Waals surface area contributed by atoms with Crippen LogP contribution in [0.4, 0.5) is 4.39 Å². The first-order chi connectivity index (χ1) is 15.8. The van der Waals surface area contributed by atoms with Crippen LogP contribution in [0.3, 0.4) is 0 Å². The number of carbonyl (C=O) groups excluding carboxylic acids is 3. The standard InChI is InChI=1S/C26H28FNO6/c1-25(2,3)34-18(29)13-28-24(32)19-22(30)16-11-12-17(33-14-15-9-7-6-8-10-15)21(27)20(16)26(4,5)23(19)31/h6-12,30H,13-14H2,1-5H3,(H,28,32). The van der Waals surface area contributed by atoms with E-state index in [1.54, 1.807) is 20.8 Å². The number of hydrogen-bond acceptors (Lipinski definition) is 6. The van der Waals surface area contributed by atoms with Gasteiger partial charge in [-0.2, -0.15) is 0 Å². The van der Waals surface area contributed by atoms with Crippen molar-refractivity contribution in [3.63, 3.8) is 0 Å². The molecule has 3 rings (SSSR count). The summed E-state index contributed by atoms with van der Waals surface area (Å²) in [6.45, 7) is 7.59. The molecule has 180 valence electrons. The second kappa shape index (κ2) is 9.29. The van der Waals surface area contributed by atoms with Crippen molar-refractivity contribution in [3.05, 3.63) is 70.5 Å². The number of halogens is 1. The predicted octanol–water partition coefficient (Wildman–Crippen LogP) is 3.99. The molecule has 0 spiro atoms. The summed E-state index contributed by atoms with van der Waals surface area (Å²) in [6.07, 6.45) is 0. The van der Waals surface area contributed by atoms with Crippen molar-refractivity contribution in [1.29, 1.82) is 0 Å². The van der Waals surface area contributed by atoms with Gasteiger partial charge in [-0.25, -0.2) is 4.39 Å². The maximum Gasteiger partial charge on any atom is 0.325 e. The molecule has 0 fully saturated rings. The number of nitrogens with one attached hydrogen (secondary N) is 1. The van der Waals surface area contributed by atoms with E-state index in [4.69, 9.17) is 9.47 Å². The average molecular weight is 470 g/mol. The van der Waals surface area contributed by atoms with Crippen molar-refractivity contribution in [2.24, 2.45) is 0 Å². The number of amides is 1. The average Bonchev–Trinajstić information content (AvgIpc) is 2.75. The molecule has 0 atom stereocenters. The van der Waals surface area contributed by atoms with Gasteiger partial charge in [0.1, 0.15) is 30.1 Å². The van der Waals surface area contributed by atoms with Gasteiger partial charge in [0.05, 0.1) is 5.41 Å². The third-order valence-corrected chi connectivity index (χ3v) is 5.30. The number of aliphatic hydroxyl groups is 1. The number of carbonyl (C=O) groups is 3. The first-order valence-electron chi connectivity index (χ1n) is 10.8. The summed E-state index contributed by atoms with van der Waals surface area (Å²) < 4.78 is 26.2. The Hall–Kier alpha value is -3.68. The van der Waals surface area contributed by atoms with Gasteiger partial charge in [0.2, 0.25) is 0 Å². The first-order valence-corrected chi connectivity index (χ1v) is 10.8. The van der Waals surface area contributed by atoms with E-state index in [9.17, 15) is 19.5 Å². The quantitative estimate of drug-likeness (QED) is 0.490. The van der Waals surface area contributed by atoms with Crippen LogP contribution in [0.1, 0.15) is 51.3 Å². The van der Waals surface area contributed by atoms with E-state index in [-0.39, 0.29) is 23.5 Å². The Bertz CT molecular complexity index is 1160. The Morgan fingerprint density at radius 3 is 2.35 bits per heavy atom. The molecule has 0 radical (unpaired) electrons. The molecule has 1 aliphatic rings. The topological polar surface area (TPSA) is 102 Å². The lowest BCUT2D eigenvalue weighted by Gasteiger charge is -2.32. The number of ketones is 1. The Balaban J connectivity index is 1.89. The minimum absolute atomic E-state index is 0.0107. The van der Waals surface area contributed by atoms with Crippen molar-refractivity contribution in [2.75, 3.05) is 6.54 Å². The van der Waals surface area contributed by atoms with Gasteiger partial charge in [-0.1, -0.05) is 30.3 Å². The summed E-state index contributed by atoms with van der Waals surface area (Å²) in [5.41, 5.74) is -1.99. The molecule has 2 aromatic carbocycles. The molecule has 0 aliphatic heterocycles. The molecule has 2 N–H and O–H groups in total. The van der Waals surface area contributed by atoms with Crippen LogP contribution in [-0.2, 0) is 31.1 Å². The molecular weight excluding hydrogens is 441 g/mol. The molecule has 1 aliphatic carbocycles. The lowest BCUT2D eigenvalue weighted by atomic mass is 9.70. The lowest BCUT2D eigenvalue weighted by Crippen LogP contribution is -2.43. The van der Waals surface area contributed by atoms with Crippen LogP contribution < -0.4 is 10.1 Å². The second-order valence-corrected chi connectivity index (χ2v) is 9.52. The molecular formula is C26H28FNO6. The summed E-state index contributed by atoms with van der Waals surface area (Å²) in [6, 6.07) is 11.9. The van der Waals surface area contributed by atoms with Gasteiger partial charge in [-0.05, 0) is 52.3 Å². The van der Waals surface area contributed by atoms with Gasteiger partial charge < -0.3 is 19.9 Å². The maximum absolute atomic E-state index is 15.5. The van der Waals surface area contributed by atoms with E-state index in [0.717, 1.165) is 5.56 Å². The fourth-order valence-corrected chi connectivity index (χ4v) is 3.71. The summed E-state index contributed by atoms with van der Waals surface area (Å²) in [5.74, 6) is -3.94. The highest BCUT2D eigenvalue weighted by Gasteiger charge is 2.45. The van der Waals surface area contributed by atoms with Gasteiger partial charge in [0.25, 0.3) is 5.91 Å². The SMILES string of the molecule is CC(C)(C)OC(=O)CNC(=O)C1=C(O)c2ccc(OCc3ccccc3)c(F)c2C(C)(C)C1=O. The van der Waals surface area contributed by atoms with Crippen LogP contribution in [0.25, 0.3) is 5.76 Å². The van der Waals surface area contributed by atoms with Crippen molar-refractivity contribution >= 4 is 23.4 Å². The Morgan fingerprint density at radius 1 is 1.09 bits per heavy atom. The van der Waals surface area contributed by atoms with Crippen LogP contribution in [-0.4, -0.2) is 34.9 Å². The van der Waals surface area contributed by atoms with E-state index in [1.807, 2.05) is 30.3 Å². The highest BCUT2D eigenvalue weighted by molar-refractivity contribution is 6.28. The third kappa shape index (κ3) is 5.11. The van der Waals surface area contributed by atoms with Gasteiger partial charge in [-0.15, -0.1) is 0 Å². The van der Waals surface area contributed by atoms with Crippen LogP contribution in [0, 0.1) is 5.82 Å². The summed E-state index contributed by atoms with van der Waals surface area (Å²) in [5, 5.41) is 13.0. The minimum atomic E-state index is -1.48. The van der Waals surface area contributed by atoms with Gasteiger partial charge in [-0.3, -0.25) is 14.4 Å². The minimum Gasteiger partial charge on any atom is -0.506 e. The van der Waals surface area contributed by atoms with E-state index >= 15 is 4.39 Å². The fourth-order valence-electron chi connectivity index (χ4n) is 3.71. The Kier molecular flexibility index (Phi) is 6.82. The largest absolute Gasteiger partial charge is 0.506 e. The summed E-state index contributed by atoms with van der Waals surface area (Å²) in [7, 11) is 0. The number of benzene rings is 2. The maximum atomic E-state index is 15.5. The molecule has 0 heterocycles.